The fourth-order valence-corrected chi connectivity index (χ4v) is 4.08. The van der Waals surface area contributed by atoms with Crippen LogP contribution < -0.4 is 0 Å². The molecule has 0 saturated carbocycles. The van der Waals surface area contributed by atoms with Crippen molar-refractivity contribution >= 4 is 17.8 Å². The van der Waals surface area contributed by atoms with Crippen LogP contribution in [0.3, 0.4) is 0 Å². The minimum Gasteiger partial charge on any atom is -0.475 e. The minimum atomic E-state index is -5.08. The Balaban J connectivity index is 0.000000449. The number of aromatic nitrogens is 2. The number of nitrogens with zero attached hydrogens (tertiary/aromatic N) is 4. The lowest BCUT2D eigenvalue weighted by molar-refractivity contribution is -0.193. The van der Waals surface area contributed by atoms with Crippen molar-refractivity contribution in [1.29, 1.82) is 0 Å². The minimum absolute atomic E-state index is 0.0175. The van der Waals surface area contributed by atoms with Gasteiger partial charge in [0, 0.05) is 40.0 Å². The number of aryl methyl sites for hydroxylation is 1. The average Bonchev–Trinajstić information content (AvgIpc) is 3.42. The first kappa shape index (κ1) is 34.1. The Hall–Kier alpha value is -2.92. The lowest BCUT2D eigenvalue weighted by Crippen LogP contribution is -2.50. The van der Waals surface area contributed by atoms with E-state index < -0.39 is 24.3 Å². The van der Waals surface area contributed by atoms with Crippen LogP contribution in [0.2, 0.25) is 0 Å². The Morgan fingerprint density at radius 2 is 1.74 bits per heavy atom. The zero-order chi connectivity index (χ0) is 30.0. The van der Waals surface area contributed by atoms with E-state index in [1.807, 2.05) is 16.5 Å². The van der Waals surface area contributed by atoms with Gasteiger partial charge in [0.2, 0.25) is 0 Å². The zero-order valence-electron chi connectivity index (χ0n) is 21.6. The fraction of sp³-hybridized carbons (Fsp3) is 0.727. The molecule has 1 aromatic heterocycles. The van der Waals surface area contributed by atoms with Crippen molar-refractivity contribution < 1.29 is 60.4 Å². The maximum absolute atomic E-state index is 12.7. The third-order valence-electron chi connectivity index (χ3n) is 5.77. The van der Waals surface area contributed by atoms with E-state index in [1.54, 1.807) is 19.6 Å². The number of halogens is 6. The summed E-state index contributed by atoms with van der Waals surface area (Å²) >= 11 is 0. The maximum Gasteiger partial charge on any atom is 0.490 e. The Labute approximate surface area is 220 Å². The summed E-state index contributed by atoms with van der Waals surface area (Å²) in [4.78, 5) is 38.9. The maximum atomic E-state index is 12.7. The van der Waals surface area contributed by atoms with Gasteiger partial charge in [-0.2, -0.15) is 26.3 Å². The van der Waals surface area contributed by atoms with Crippen molar-refractivity contribution in [3.8, 4) is 0 Å². The van der Waals surface area contributed by atoms with Crippen LogP contribution in [-0.4, -0.2) is 119 Å². The highest BCUT2D eigenvalue weighted by Crippen LogP contribution is 2.38. The molecule has 3 heterocycles. The molecule has 3 rings (SSSR count). The smallest absolute Gasteiger partial charge is 0.475 e. The highest BCUT2D eigenvalue weighted by molar-refractivity contribution is 5.92. The van der Waals surface area contributed by atoms with Crippen molar-refractivity contribution in [3.05, 3.63) is 18.2 Å². The number of piperidine rings is 1. The molecule has 2 N–H and O–H groups in total. The average molecular weight is 579 g/mol. The van der Waals surface area contributed by atoms with Crippen LogP contribution in [0.4, 0.5) is 26.3 Å². The first-order valence-corrected chi connectivity index (χ1v) is 11.6. The van der Waals surface area contributed by atoms with E-state index >= 15 is 0 Å². The third kappa shape index (κ3) is 11.8. The summed E-state index contributed by atoms with van der Waals surface area (Å²) in [6.07, 6.45) is -3.66. The van der Waals surface area contributed by atoms with Crippen molar-refractivity contribution in [2.24, 2.45) is 13.0 Å². The molecule has 2 unspecified atom stereocenters. The Bertz CT molecular complexity index is 932. The number of carbonyl (C=O) groups excluding carboxylic acids is 1. The number of hydrogen-bond donors (Lipinski definition) is 2. The summed E-state index contributed by atoms with van der Waals surface area (Å²) in [7, 11) is 5.74. The quantitative estimate of drug-likeness (QED) is 0.488. The highest BCUT2D eigenvalue weighted by atomic mass is 19.4. The van der Waals surface area contributed by atoms with Crippen LogP contribution in [0, 0.1) is 5.92 Å². The molecule has 0 radical (unpaired) electrons. The highest BCUT2D eigenvalue weighted by Gasteiger charge is 2.45. The molecular weight excluding hydrogens is 546 g/mol. The molecule has 0 aromatic carbocycles. The predicted molar refractivity (Wildman–Crippen MR) is 122 cm³/mol. The van der Waals surface area contributed by atoms with Crippen molar-refractivity contribution in [2.75, 3.05) is 53.6 Å². The van der Waals surface area contributed by atoms with Gasteiger partial charge >= 0.3 is 24.3 Å². The number of likely N-dealkylation sites (N-methyl/N-ethyl adjacent to an activating group) is 1. The second-order valence-electron chi connectivity index (χ2n) is 9.18. The molecule has 2 atom stereocenters. The Morgan fingerprint density at radius 3 is 2.21 bits per heavy atom. The van der Waals surface area contributed by atoms with Gasteiger partial charge < -0.3 is 34.1 Å². The summed E-state index contributed by atoms with van der Waals surface area (Å²) in [5.41, 5.74) is 0.350. The molecule has 11 nitrogen and oxygen atoms in total. The Morgan fingerprint density at radius 1 is 1.18 bits per heavy atom. The number of ether oxygens (including phenoxy) is 2. The van der Waals surface area contributed by atoms with Crippen LogP contribution in [0.5, 0.6) is 0 Å². The number of carboxylic acids is 2. The topological polar surface area (TPSA) is 134 Å². The number of alkyl halides is 6. The molecule has 1 amide bonds. The number of likely N-dealkylation sites (tertiary alicyclic amines) is 1. The van der Waals surface area contributed by atoms with E-state index in [-0.39, 0.29) is 11.5 Å². The second-order valence-corrected chi connectivity index (χ2v) is 9.18. The van der Waals surface area contributed by atoms with Gasteiger partial charge in [-0.15, -0.1) is 0 Å². The van der Waals surface area contributed by atoms with E-state index in [4.69, 9.17) is 29.3 Å². The molecule has 2 aliphatic rings. The number of imidazole rings is 1. The van der Waals surface area contributed by atoms with Crippen LogP contribution in [-0.2, 0) is 26.1 Å². The van der Waals surface area contributed by atoms with E-state index in [0.29, 0.717) is 18.2 Å². The van der Waals surface area contributed by atoms with Crippen LogP contribution >= 0.6 is 0 Å². The lowest BCUT2D eigenvalue weighted by atomic mass is 9.86. The molecule has 2 saturated heterocycles. The summed E-state index contributed by atoms with van der Waals surface area (Å²) in [5.74, 6) is -4.98. The van der Waals surface area contributed by atoms with Gasteiger partial charge in [-0.1, -0.05) is 0 Å². The normalized spacial score (nSPS) is 21.2. The van der Waals surface area contributed by atoms with Crippen LogP contribution in [0.25, 0.3) is 0 Å². The molecule has 224 valence electrons. The summed E-state index contributed by atoms with van der Waals surface area (Å²) in [6, 6.07) is 0. The van der Waals surface area contributed by atoms with Gasteiger partial charge in [0.15, 0.2) is 0 Å². The molecule has 2 aliphatic heterocycles. The second kappa shape index (κ2) is 14.5. The van der Waals surface area contributed by atoms with E-state index in [0.717, 1.165) is 52.1 Å². The summed E-state index contributed by atoms with van der Waals surface area (Å²) < 4.78 is 76.7. The molecule has 0 aliphatic carbocycles. The van der Waals surface area contributed by atoms with Crippen molar-refractivity contribution in [2.45, 2.75) is 37.2 Å². The van der Waals surface area contributed by atoms with Crippen molar-refractivity contribution in [3.63, 3.8) is 0 Å². The molecule has 17 heteroatoms. The molecule has 1 aromatic rings. The van der Waals surface area contributed by atoms with E-state index in [1.165, 1.54) is 0 Å². The standard InChI is InChI=1S/C18H30N4O3.2C2HF3O2/c1-20(7-8-24-3)10-15-9-18(25-12-15)5-4-6-22(13-18)17(23)16-11-21(2)14-19-16;2*3-2(4,5)1(6)7/h11,14-15H,4-10,12-13H2,1-3H3;2*(H,6,7). The van der Waals surface area contributed by atoms with Gasteiger partial charge in [-0.3, -0.25) is 4.79 Å². The molecule has 0 bridgehead atoms. The van der Waals surface area contributed by atoms with E-state index in [2.05, 4.69) is 16.9 Å². The first-order chi connectivity index (χ1) is 17.9. The predicted octanol–water partition coefficient (Wildman–Crippen LogP) is 2.28. The summed E-state index contributed by atoms with van der Waals surface area (Å²) in [6.45, 7) is 4.95. The first-order valence-electron chi connectivity index (χ1n) is 11.6. The zero-order valence-corrected chi connectivity index (χ0v) is 21.6. The SMILES string of the molecule is COCCN(C)CC1COC2(CCCN(C(=O)c3cn(C)cn3)C2)C1.O=C(O)C(F)(F)F.O=C(O)C(F)(F)F. The van der Waals surface area contributed by atoms with Gasteiger partial charge in [-0.05, 0) is 32.2 Å². The number of methoxy groups -OCH3 is 1. The lowest BCUT2D eigenvalue weighted by Gasteiger charge is -2.39. The van der Waals surface area contributed by atoms with Crippen molar-refractivity contribution in [1.82, 2.24) is 19.4 Å². The number of carboxylic acid groups (broad SMARTS) is 2. The third-order valence-corrected chi connectivity index (χ3v) is 5.77. The Kier molecular flexibility index (Phi) is 12.6. The molecule has 39 heavy (non-hydrogen) atoms. The molecular formula is C22H32F6N4O7. The van der Waals surface area contributed by atoms with Crippen LogP contribution in [0.1, 0.15) is 29.8 Å². The van der Waals surface area contributed by atoms with Gasteiger partial charge in [-0.25, -0.2) is 14.6 Å². The van der Waals surface area contributed by atoms with Gasteiger partial charge in [0.25, 0.3) is 5.91 Å². The van der Waals surface area contributed by atoms with E-state index in [9.17, 15) is 31.1 Å². The fourth-order valence-electron chi connectivity index (χ4n) is 4.08. The number of rotatable bonds is 6. The monoisotopic (exact) mass is 578 g/mol. The van der Waals surface area contributed by atoms with Gasteiger partial charge in [0.05, 0.1) is 31.7 Å². The largest absolute Gasteiger partial charge is 0.490 e. The number of hydrogen-bond acceptors (Lipinski definition) is 7. The van der Waals surface area contributed by atoms with Gasteiger partial charge in [0.1, 0.15) is 5.69 Å². The number of amides is 1. The molecule has 1 spiro atoms. The number of aliphatic carboxylic acids is 2. The molecule has 2 fully saturated rings. The van der Waals surface area contributed by atoms with Crippen LogP contribution in [0.15, 0.2) is 12.5 Å². The number of carbonyl (C=O) groups is 3. The summed E-state index contributed by atoms with van der Waals surface area (Å²) in [5, 5.41) is 14.2.